The number of aromatic nitrogens is 1. The summed E-state index contributed by atoms with van der Waals surface area (Å²) in [5.41, 5.74) is 1.32. The van der Waals surface area contributed by atoms with E-state index in [1.807, 2.05) is 0 Å². The van der Waals surface area contributed by atoms with Crippen LogP contribution in [-0.2, 0) is 0 Å². The number of fused-ring (bicyclic) bond motifs is 1. The molecule has 0 bridgehead atoms. The van der Waals surface area contributed by atoms with Crippen LogP contribution in [0.2, 0.25) is 0 Å². The summed E-state index contributed by atoms with van der Waals surface area (Å²) in [4.78, 5) is 0. The molecule has 1 aromatic heterocycles. The van der Waals surface area contributed by atoms with Crippen molar-refractivity contribution in [1.29, 1.82) is 0 Å². The molecule has 50 valence electrons. The average Bonchev–Trinajstić information content (AvgIpc) is 2.34. The topological polar surface area (TPSA) is 4.93 Å². The molecule has 0 saturated carbocycles. The van der Waals surface area contributed by atoms with Gasteiger partial charge in [0.1, 0.15) is 0 Å². The Kier molecular flexibility index (Phi) is 1.32. The summed E-state index contributed by atoms with van der Waals surface area (Å²) in [5.74, 6) is 0. The first-order valence-corrected chi connectivity index (χ1v) is 4.27. The zero-order valence-electron chi connectivity index (χ0n) is 5.49. The molecule has 0 aliphatic rings. The minimum absolute atomic E-state index is 1.32. The van der Waals surface area contributed by atoms with Gasteiger partial charge < -0.3 is 0 Å². The molecule has 0 amide bonds. The van der Waals surface area contributed by atoms with E-state index in [-0.39, 0.29) is 0 Å². The summed E-state index contributed by atoms with van der Waals surface area (Å²) in [6.45, 7) is 0. The molecule has 1 atom stereocenters. The van der Waals surface area contributed by atoms with Gasteiger partial charge in [0.25, 0.3) is 0 Å². The molecule has 1 nitrogen and oxygen atoms in total. The van der Waals surface area contributed by atoms with E-state index < -0.39 is 0 Å². The summed E-state index contributed by atoms with van der Waals surface area (Å²) >= 11 is 1.62. The fourth-order valence-corrected chi connectivity index (χ4v) is 1.78. The van der Waals surface area contributed by atoms with Gasteiger partial charge in [-0.2, -0.15) is 0 Å². The van der Waals surface area contributed by atoms with Crippen LogP contribution in [0, 0.1) is 0 Å². The Labute approximate surface area is 68.4 Å². The molecule has 2 heteroatoms. The first kappa shape index (κ1) is 6.06. The molecular formula is C8H8AsN. The molecule has 0 aliphatic heterocycles. The van der Waals surface area contributed by atoms with Crippen LogP contribution in [-0.4, -0.2) is 20.6 Å². The van der Waals surface area contributed by atoms with Crippen molar-refractivity contribution in [3.05, 3.63) is 36.5 Å². The predicted molar refractivity (Wildman–Crippen MR) is 45.9 cm³/mol. The second-order valence-electron chi connectivity index (χ2n) is 2.28. The SMILES string of the molecule is [AsH2]n1ccc2ccccc21. The standard InChI is InChI=1S/C8H8AsN/c9-10-6-5-7-3-1-2-4-8(7)10/h1-6H,9H2. The molecule has 2 rings (SSSR count). The van der Waals surface area contributed by atoms with Gasteiger partial charge >= 0.3 is 68.0 Å². The van der Waals surface area contributed by atoms with E-state index in [9.17, 15) is 0 Å². The van der Waals surface area contributed by atoms with Crippen LogP contribution in [0.1, 0.15) is 0 Å². The first-order valence-electron chi connectivity index (χ1n) is 3.19. The number of benzene rings is 1. The molecule has 0 fully saturated rings. The average molecular weight is 193 g/mol. The van der Waals surface area contributed by atoms with Crippen molar-refractivity contribution in [2.45, 2.75) is 0 Å². The van der Waals surface area contributed by atoms with E-state index >= 15 is 0 Å². The Morgan fingerprint density at radius 1 is 1.10 bits per heavy atom. The summed E-state index contributed by atoms with van der Waals surface area (Å²) in [6, 6.07) is 10.5. The third kappa shape index (κ3) is 0.783. The van der Waals surface area contributed by atoms with Crippen LogP contribution in [0.15, 0.2) is 36.5 Å². The van der Waals surface area contributed by atoms with E-state index in [0.29, 0.717) is 0 Å². The molecule has 0 aliphatic carbocycles. The molecular weight excluding hydrogens is 185 g/mol. The van der Waals surface area contributed by atoms with Gasteiger partial charge in [0, 0.05) is 0 Å². The van der Waals surface area contributed by atoms with Gasteiger partial charge in [-0.1, -0.05) is 0 Å². The summed E-state index contributed by atoms with van der Waals surface area (Å²) < 4.78 is 2.18. The molecule has 1 heterocycles. The van der Waals surface area contributed by atoms with E-state index in [1.54, 1.807) is 17.1 Å². The fraction of sp³-hybridized carbons (Fsp3) is 0. The number of para-hydroxylation sites is 1. The van der Waals surface area contributed by atoms with Crippen molar-refractivity contribution in [3.63, 3.8) is 0 Å². The predicted octanol–water partition coefficient (Wildman–Crippen LogP) is 1.04. The number of rotatable bonds is 0. The van der Waals surface area contributed by atoms with E-state index in [4.69, 9.17) is 0 Å². The Balaban J connectivity index is 2.93. The van der Waals surface area contributed by atoms with Crippen molar-refractivity contribution < 1.29 is 0 Å². The van der Waals surface area contributed by atoms with Crippen LogP contribution in [0.5, 0.6) is 0 Å². The summed E-state index contributed by atoms with van der Waals surface area (Å²) in [6.07, 6.45) is 2.10. The Morgan fingerprint density at radius 2 is 1.90 bits per heavy atom. The van der Waals surface area contributed by atoms with Crippen molar-refractivity contribution in [2.75, 3.05) is 0 Å². The Hall–Kier alpha value is -0.682. The number of hydrogen-bond donors (Lipinski definition) is 0. The van der Waals surface area contributed by atoms with Crippen LogP contribution in [0.4, 0.5) is 0 Å². The molecule has 1 unspecified atom stereocenters. The zero-order chi connectivity index (χ0) is 6.97. The van der Waals surface area contributed by atoms with E-state index in [1.165, 1.54) is 10.9 Å². The van der Waals surface area contributed by atoms with Crippen molar-refractivity contribution in [3.8, 4) is 0 Å². The molecule has 2 aromatic rings. The molecule has 0 N–H and O–H groups in total. The third-order valence-corrected chi connectivity index (χ3v) is 2.57. The monoisotopic (exact) mass is 193 g/mol. The number of nitrogens with zero attached hydrogens (tertiary/aromatic N) is 1. The molecule has 0 saturated heterocycles. The third-order valence-electron chi connectivity index (χ3n) is 1.63. The van der Waals surface area contributed by atoms with Gasteiger partial charge in [0.15, 0.2) is 0 Å². The van der Waals surface area contributed by atoms with E-state index in [2.05, 4.69) is 40.0 Å². The second kappa shape index (κ2) is 2.17. The van der Waals surface area contributed by atoms with Gasteiger partial charge in [0.2, 0.25) is 0 Å². The van der Waals surface area contributed by atoms with Crippen LogP contribution in [0.3, 0.4) is 0 Å². The minimum atomic E-state index is 1.32. The number of hydrogen-bond acceptors (Lipinski definition) is 0. The maximum atomic E-state index is 2.18. The molecule has 10 heavy (non-hydrogen) atoms. The maximum absolute atomic E-state index is 2.18. The normalized spacial score (nSPS) is 10.5. The molecule has 1 aromatic carbocycles. The Morgan fingerprint density at radius 3 is 2.70 bits per heavy atom. The quantitative estimate of drug-likeness (QED) is 0.551. The van der Waals surface area contributed by atoms with Crippen LogP contribution in [0.25, 0.3) is 10.9 Å². The molecule has 0 spiro atoms. The van der Waals surface area contributed by atoms with Crippen molar-refractivity contribution in [2.24, 2.45) is 0 Å². The Bertz CT molecular complexity index is 351. The molecule has 0 radical (unpaired) electrons. The van der Waals surface area contributed by atoms with Gasteiger partial charge in [0.05, 0.1) is 0 Å². The summed E-state index contributed by atoms with van der Waals surface area (Å²) in [7, 11) is 0. The van der Waals surface area contributed by atoms with E-state index in [0.717, 1.165) is 0 Å². The summed E-state index contributed by atoms with van der Waals surface area (Å²) in [5, 5.41) is 1.33. The first-order chi connectivity index (χ1) is 4.88. The van der Waals surface area contributed by atoms with Gasteiger partial charge in [-0.05, 0) is 0 Å². The fourth-order valence-electron chi connectivity index (χ4n) is 1.10. The second-order valence-corrected chi connectivity index (χ2v) is 3.45. The van der Waals surface area contributed by atoms with Gasteiger partial charge in [-0.25, -0.2) is 0 Å². The van der Waals surface area contributed by atoms with Crippen LogP contribution >= 0.6 is 0 Å². The van der Waals surface area contributed by atoms with Crippen molar-refractivity contribution >= 4 is 28.0 Å². The van der Waals surface area contributed by atoms with Gasteiger partial charge in [-0.15, -0.1) is 0 Å². The van der Waals surface area contributed by atoms with Crippen molar-refractivity contribution in [1.82, 2.24) is 3.48 Å². The zero-order valence-corrected chi connectivity index (χ0v) is 7.91. The van der Waals surface area contributed by atoms with Gasteiger partial charge in [-0.3, -0.25) is 0 Å². The van der Waals surface area contributed by atoms with Crippen LogP contribution < -0.4 is 0 Å².